The lowest BCUT2D eigenvalue weighted by molar-refractivity contribution is -0.0169. The zero-order valence-electron chi connectivity index (χ0n) is 18.1. The maximum Gasteiger partial charge on any atom is 0.410 e. The topological polar surface area (TPSA) is 32.8 Å². The van der Waals surface area contributed by atoms with Crippen molar-refractivity contribution in [2.24, 2.45) is 5.41 Å². The Kier molecular flexibility index (Phi) is 5.77. The van der Waals surface area contributed by atoms with Crippen molar-refractivity contribution in [2.45, 2.75) is 70.4 Å². The Bertz CT molecular complexity index is 676. The summed E-state index contributed by atoms with van der Waals surface area (Å²) in [5.41, 5.74) is 1.05. The minimum atomic E-state index is -0.447. The van der Waals surface area contributed by atoms with Crippen molar-refractivity contribution in [1.29, 1.82) is 0 Å². The highest BCUT2D eigenvalue weighted by molar-refractivity contribution is 5.68. The molecular weight excluding hydrogens is 355 g/mol. The number of carbonyl (C=O) groups is 1. The van der Waals surface area contributed by atoms with Gasteiger partial charge in [-0.1, -0.05) is 12.1 Å². The first kappa shape index (κ1) is 21.1. The monoisotopic (exact) mass is 390 g/mol. The van der Waals surface area contributed by atoms with Gasteiger partial charge in [0.2, 0.25) is 0 Å². The second-order valence-corrected chi connectivity index (χ2v) is 9.90. The van der Waals surface area contributed by atoms with E-state index in [9.17, 15) is 9.18 Å². The lowest BCUT2D eigenvalue weighted by Gasteiger charge is -2.52. The molecule has 1 aliphatic carbocycles. The van der Waals surface area contributed by atoms with Crippen LogP contribution in [0.15, 0.2) is 24.3 Å². The van der Waals surface area contributed by atoms with E-state index in [1.807, 2.05) is 37.8 Å². The van der Waals surface area contributed by atoms with Crippen LogP contribution in [-0.4, -0.2) is 48.7 Å². The Balaban J connectivity index is 1.64. The van der Waals surface area contributed by atoms with E-state index < -0.39 is 5.60 Å². The summed E-state index contributed by atoms with van der Waals surface area (Å²) in [6, 6.07) is 7.03. The molecule has 1 amide bonds. The van der Waals surface area contributed by atoms with Gasteiger partial charge in [-0.15, -0.1) is 0 Å². The molecule has 1 aromatic rings. The van der Waals surface area contributed by atoms with E-state index in [1.54, 1.807) is 12.1 Å². The molecule has 1 saturated carbocycles. The van der Waals surface area contributed by atoms with Crippen molar-refractivity contribution in [2.75, 3.05) is 27.2 Å². The Labute approximate surface area is 169 Å². The van der Waals surface area contributed by atoms with Crippen LogP contribution in [0.1, 0.15) is 64.9 Å². The molecule has 2 aliphatic rings. The van der Waals surface area contributed by atoms with Crippen LogP contribution >= 0.6 is 0 Å². The van der Waals surface area contributed by atoms with Gasteiger partial charge < -0.3 is 9.64 Å². The van der Waals surface area contributed by atoms with E-state index in [0.29, 0.717) is 5.41 Å². The predicted molar refractivity (Wildman–Crippen MR) is 110 cm³/mol. The van der Waals surface area contributed by atoms with E-state index in [0.717, 1.165) is 51.6 Å². The summed E-state index contributed by atoms with van der Waals surface area (Å²) >= 11 is 0. The van der Waals surface area contributed by atoms with Crippen LogP contribution in [0.25, 0.3) is 0 Å². The molecular formula is C23H35FN2O2. The van der Waals surface area contributed by atoms with Crippen LogP contribution in [0.4, 0.5) is 9.18 Å². The lowest BCUT2D eigenvalue weighted by Crippen LogP contribution is -2.50. The number of hydrogen-bond donors (Lipinski definition) is 0. The molecule has 156 valence electrons. The van der Waals surface area contributed by atoms with Gasteiger partial charge in [-0.3, -0.25) is 4.90 Å². The molecule has 5 heteroatoms. The number of hydrogen-bond acceptors (Lipinski definition) is 3. The molecule has 0 unspecified atom stereocenters. The maximum atomic E-state index is 13.4. The van der Waals surface area contributed by atoms with E-state index in [4.69, 9.17) is 4.74 Å². The van der Waals surface area contributed by atoms with Crippen molar-refractivity contribution in [3.63, 3.8) is 0 Å². The molecule has 1 aromatic carbocycles. The molecule has 2 fully saturated rings. The Hall–Kier alpha value is -1.62. The van der Waals surface area contributed by atoms with E-state index in [2.05, 4.69) is 19.0 Å². The molecule has 1 heterocycles. The van der Waals surface area contributed by atoms with Gasteiger partial charge in [0, 0.05) is 18.6 Å². The molecule has 4 nitrogen and oxygen atoms in total. The smallest absolute Gasteiger partial charge is 0.410 e. The van der Waals surface area contributed by atoms with Crippen molar-refractivity contribution in [3.05, 3.63) is 35.6 Å². The number of rotatable bonds is 2. The van der Waals surface area contributed by atoms with Gasteiger partial charge in [0.1, 0.15) is 11.4 Å². The fourth-order valence-electron chi connectivity index (χ4n) is 4.94. The highest BCUT2D eigenvalue weighted by Gasteiger charge is 2.46. The molecule has 28 heavy (non-hydrogen) atoms. The number of amides is 1. The third kappa shape index (κ3) is 4.35. The van der Waals surface area contributed by atoms with Gasteiger partial charge in [0.25, 0.3) is 0 Å². The Morgan fingerprint density at radius 1 is 1.00 bits per heavy atom. The number of ether oxygens (including phenoxy) is 1. The first-order valence-electron chi connectivity index (χ1n) is 10.5. The van der Waals surface area contributed by atoms with Gasteiger partial charge in [0.15, 0.2) is 0 Å². The second-order valence-electron chi connectivity index (χ2n) is 9.90. The highest BCUT2D eigenvalue weighted by atomic mass is 19.1. The van der Waals surface area contributed by atoms with Crippen LogP contribution in [0.5, 0.6) is 0 Å². The standard InChI is InChI=1S/C23H35FN2O2/c1-21(2,3)28-20(27)26-16-14-22(15-17-26)10-12-23(13-11-22,25(4)5)18-6-8-19(24)9-7-18/h6-9H,10-17H2,1-5H3. The highest BCUT2D eigenvalue weighted by Crippen LogP contribution is 2.52. The average molecular weight is 391 g/mol. The molecule has 1 saturated heterocycles. The van der Waals surface area contributed by atoms with Crippen molar-refractivity contribution < 1.29 is 13.9 Å². The summed E-state index contributed by atoms with van der Waals surface area (Å²) in [6.45, 7) is 7.29. The van der Waals surface area contributed by atoms with Crippen molar-refractivity contribution in [3.8, 4) is 0 Å². The SMILES string of the molecule is CN(C)C1(c2ccc(F)cc2)CCC2(CCN(C(=O)OC(C)(C)C)CC2)CC1. The Morgan fingerprint density at radius 3 is 2.00 bits per heavy atom. The molecule has 1 spiro atoms. The first-order valence-corrected chi connectivity index (χ1v) is 10.5. The minimum Gasteiger partial charge on any atom is -0.444 e. The third-order valence-electron chi connectivity index (χ3n) is 6.85. The summed E-state index contributed by atoms with van der Waals surface area (Å²) in [5, 5.41) is 0. The zero-order valence-corrected chi connectivity index (χ0v) is 18.1. The summed E-state index contributed by atoms with van der Waals surface area (Å²) in [6.07, 6.45) is 6.32. The van der Waals surface area contributed by atoms with Crippen LogP contribution < -0.4 is 0 Å². The number of carbonyl (C=O) groups excluding carboxylic acids is 1. The summed E-state index contributed by atoms with van der Waals surface area (Å²) in [4.78, 5) is 16.5. The summed E-state index contributed by atoms with van der Waals surface area (Å²) < 4.78 is 18.9. The maximum absolute atomic E-state index is 13.4. The zero-order chi connectivity index (χ0) is 20.6. The number of nitrogens with zero attached hydrogens (tertiary/aromatic N) is 2. The average Bonchev–Trinajstić information content (AvgIpc) is 2.62. The van der Waals surface area contributed by atoms with E-state index in [-0.39, 0.29) is 17.4 Å². The van der Waals surface area contributed by atoms with Crippen molar-refractivity contribution in [1.82, 2.24) is 9.80 Å². The molecule has 3 rings (SSSR count). The fraction of sp³-hybridized carbons (Fsp3) is 0.696. The molecule has 0 aromatic heterocycles. The third-order valence-corrected chi connectivity index (χ3v) is 6.85. The second kappa shape index (κ2) is 7.66. The van der Waals surface area contributed by atoms with Gasteiger partial charge in [-0.25, -0.2) is 9.18 Å². The van der Waals surface area contributed by atoms with Crippen molar-refractivity contribution >= 4 is 6.09 Å². The first-order chi connectivity index (χ1) is 13.1. The van der Waals surface area contributed by atoms with E-state index in [1.165, 1.54) is 5.56 Å². The fourth-order valence-corrected chi connectivity index (χ4v) is 4.94. The summed E-state index contributed by atoms with van der Waals surface area (Å²) in [5.74, 6) is -0.181. The van der Waals surface area contributed by atoms with E-state index >= 15 is 0 Å². The Morgan fingerprint density at radius 2 is 1.54 bits per heavy atom. The van der Waals surface area contributed by atoms with Gasteiger partial charge in [0.05, 0.1) is 0 Å². The van der Waals surface area contributed by atoms with Gasteiger partial charge in [-0.05, 0) is 96.5 Å². The minimum absolute atomic E-state index is 0.0265. The van der Waals surface area contributed by atoms with Crippen LogP contribution in [-0.2, 0) is 10.3 Å². The van der Waals surface area contributed by atoms with Crippen LogP contribution in [0, 0.1) is 11.2 Å². The van der Waals surface area contributed by atoms with Gasteiger partial charge in [-0.2, -0.15) is 0 Å². The molecule has 0 N–H and O–H groups in total. The van der Waals surface area contributed by atoms with Crippen LogP contribution in [0.3, 0.4) is 0 Å². The number of halogens is 1. The normalized spacial score (nSPS) is 21.8. The number of likely N-dealkylation sites (tertiary alicyclic amines) is 1. The lowest BCUT2D eigenvalue weighted by atomic mass is 9.61. The summed E-state index contributed by atoms with van der Waals surface area (Å²) in [7, 11) is 4.26. The molecule has 0 radical (unpaired) electrons. The molecule has 0 bridgehead atoms. The predicted octanol–water partition coefficient (Wildman–Crippen LogP) is 5.17. The largest absolute Gasteiger partial charge is 0.444 e. The van der Waals surface area contributed by atoms with Gasteiger partial charge >= 0.3 is 6.09 Å². The number of piperidine rings is 1. The molecule has 1 aliphatic heterocycles. The number of benzene rings is 1. The molecule has 0 atom stereocenters. The van der Waals surface area contributed by atoms with Crippen LogP contribution in [0.2, 0.25) is 0 Å². The quantitative estimate of drug-likeness (QED) is 0.698.